The van der Waals surface area contributed by atoms with Gasteiger partial charge >= 0.3 is 0 Å². The third-order valence-corrected chi connectivity index (χ3v) is 4.10. The minimum Gasteiger partial charge on any atom is -0.497 e. The van der Waals surface area contributed by atoms with E-state index in [0.29, 0.717) is 28.0 Å². The van der Waals surface area contributed by atoms with E-state index in [1.54, 1.807) is 31.5 Å². The highest BCUT2D eigenvalue weighted by Gasteiger charge is 2.12. The smallest absolute Gasteiger partial charge is 0.262 e. The number of nitrogens with zero attached hydrogens (tertiary/aromatic N) is 2. The van der Waals surface area contributed by atoms with Crippen LogP contribution in [-0.2, 0) is 0 Å². The minimum atomic E-state index is -0.342. The van der Waals surface area contributed by atoms with Crippen molar-refractivity contribution in [3.8, 4) is 16.9 Å². The number of methoxy groups -OCH3 is 1. The van der Waals surface area contributed by atoms with Crippen molar-refractivity contribution < 1.29 is 9.13 Å². The fourth-order valence-electron chi connectivity index (χ4n) is 2.82. The Bertz CT molecular complexity index is 1170. The van der Waals surface area contributed by atoms with E-state index < -0.39 is 0 Å². The zero-order valence-electron chi connectivity index (χ0n) is 14.4. The van der Waals surface area contributed by atoms with Gasteiger partial charge in [0.2, 0.25) is 5.95 Å². The summed E-state index contributed by atoms with van der Waals surface area (Å²) in [6.45, 7) is 0. The van der Waals surface area contributed by atoms with Gasteiger partial charge in [0.1, 0.15) is 11.6 Å². The van der Waals surface area contributed by atoms with Crippen molar-refractivity contribution in [3.05, 3.63) is 77.0 Å². The molecule has 4 aromatic rings. The Morgan fingerprint density at radius 2 is 1.93 bits per heavy atom. The maximum absolute atomic E-state index is 13.0. The number of H-pyrrole nitrogens is 1. The average molecular weight is 362 g/mol. The molecule has 0 spiro atoms. The van der Waals surface area contributed by atoms with Gasteiger partial charge in [0, 0.05) is 11.9 Å². The van der Waals surface area contributed by atoms with Gasteiger partial charge in [0.05, 0.1) is 12.5 Å². The molecular formula is C20H15FN4O2. The number of hydrogen-bond acceptors (Lipinski definition) is 5. The molecule has 0 aliphatic rings. The Morgan fingerprint density at radius 3 is 2.70 bits per heavy atom. The molecule has 0 saturated heterocycles. The largest absolute Gasteiger partial charge is 0.497 e. The molecule has 0 aliphatic carbocycles. The van der Waals surface area contributed by atoms with Crippen molar-refractivity contribution in [2.75, 3.05) is 12.4 Å². The Morgan fingerprint density at radius 1 is 1.11 bits per heavy atom. The number of ether oxygens (including phenoxy) is 1. The predicted molar refractivity (Wildman–Crippen MR) is 102 cm³/mol. The molecule has 6 nitrogen and oxygen atoms in total. The molecule has 4 rings (SSSR count). The highest BCUT2D eigenvalue weighted by molar-refractivity contribution is 5.92. The van der Waals surface area contributed by atoms with Crippen molar-refractivity contribution in [2.45, 2.75) is 0 Å². The summed E-state index contributed by atoms with van der Waals surface area (Å²) in [7, 11) is 1.59. The summed E-state index contributed by atoms with van der Waals surface area (Å²) in [5, 5.41) is 3.33. The van der Waals surface area contributed by atoms with Gasteiger partial charge in [-0.25, -0.2) is 9.37 Å². The number of anilines is 2. The predicted octanol–water partition coefficient (Wildman–Crippen LogP) is 3.88. The van der Waals surface area contributed by atoms with Crippen molar-refractivity contribution >= 4 is 22.7 Å². The first kappa shape index (κ1) is 16.7. The molecule has 0 unspecified atom stereocenters. The summed E-state index contributed by atoms with van der Waals surface area (Å²) >= 11 is 0. The molecule has 0 fully saturated rings. The lowest BCUT2D eigenvalue weighted by atomic mass is 10.0. The number of benzene rings is 2. The van der Waals surface area contributed by atoms with E-state index in [0.717, 1.165) is 5.56 Å². The third kappa shape index (κ3) is 3.35. The number of fused-ring (bicyclic) bond motifs is 1. The Labute approximate surface area is 153 Å². The fourth-order valence-corrected chi connectivity index (χ4v) is 2.82. The molecule has 134 valence electrons. The maximum atomic E-state index is 13.0. The number of aromatic nitrogens is 3. The molecule has 7 heteroatoms. The second-order valence-electron chi connectivity index (χ2n) is 5.84. The number of hydrogen-bond donors (Lipinski definition) is 2. The van der Waals surface area contributed by atoms with Crippen LogP contribution < -0.4 is 15.6 Å². The number of nitrogens with one attached hydrogen (secondary N) is 2. The molecule has 0 radical (unpaired) electrons. The van der Waals surface area contributed by atoms with Gasteiger partial charge in [0.15, 0.2) is 5.65 Å². The van der Waals surface area contributed by atoms with Gasteiger partial charge in [-0.1, -0.05) is 12.1 Å². The summed E-state index contributed by atoms with van der Waals surface area (Å²) in [6.07, 6.45) is 1.60. The van der Waals surface area contributed by atoms with Gasteiger partial charge in [0.25, 0.3) is 5.56 Å². The van der Waals surface area contributed by atoms with Crippen LogP contribution in [0.4, 0.5) is 16.0 Å². The highest BCUT2D eigenvalue weighted by atomic mass is 19.1. The fraction of sp³-hybridized carbons (Fsp3) is 0.0500. The van der Waals surface area contributed by atoms with Crippen molar-refractivity contribution in [3.63, 3.8) is 0 Å². The van der Waals surface area contributed by atoms with Gasteiger partial charge in [-0.2, -0.15) is 4.98 Å². The van der Waals surface area contributed by atoms with Gasteiger partial charge in [-0.3, -0.25) is 9.78 Å². The van der Waals surface area contributed by atoms with E-state index in [4.69, 9.17) is 4.74 Å². The first-order valence-corrected chi connectivity index (χ1v) is 8.20. The van der Waals surface area contributed by atoms with E-state index in [2.05, 4.69) is 20.3 Å². The lowest BCUT2D eigenvalue weighted by molar-refractivity contribution is 0.415. The molecule has 2 aromatic heterocycles. The summed E-state index contributed by atoms with van der Waals surface area (Å²) in [5.74, 6) is 0.580. The van der Waals surface area contributed by atoms with Gasteiger partial charge < -0.3 is 10.1 Å². The average Bonchev–Trinajstić information content (AvgIpc) is 2.69. The van der Waals surface area contributed by atoms with Crippen LogP contribution in [0.1, 0.15) is 0 Å². The van der Waals surface area contributed by atoms with Crippen LogP contribution in [0.15, 0.2) is 65.6 Å². The van der Waals surface area contributed by atoms with E-state index in [1.807, 2.05) is 24.3 Å². The lowest BCUT2D eigenvalue weighted by Gasteiger charge is -2.09. The third-order valence-electron chi connectivity index (χ3n) is 4.10. The number of pyridine rings is 1. The molecule has 0 saturated carbocycles. The van der Waals surface area contributed by atoms with Gasteiger partial charge in [-0.15, -0.1) is 0 Å². The van der Waals surface area contributed by atoms with E-state index >= 15 is 0 Å². The van der Waals surface area contributed by atoms with Crippen molar-refractivity contribution in [1.82, 2.24) is 15.0 Å². The van der Waals surface area contributed by atoms with Crippen LogP contribution in [0.3, 0.4) is 0 Å². The Hall–Kier alpha value is -3.74. The van der Waals surface area contributed by atoms with Gasteiger partial charge in [-0.05, 0) is 53.6 Å². The van der Waals surface area contributed by atoms with Crippen LogP contribution in [-0.4, -0.2) is 22.1 Å². The maximum Gasteiger partial charge on any atom is 0.262 e. The highest BCUT2D eigenvalue weighted by Crippen LogP contribution is 2.27. The lowest BCUT2D eigenvalue weighted by Crippen LogP contribution is -2.13. The van der Waals surface area contributed by atoms with E-state index in [9.17, 15) is 9.18 Å². The Kier molecular flexibility index (Phi) is 4.25. The normalized spacial score (nSPS) is 10.7. The van der Waals surface area contributed by atoms with Crippen molar-refractivity contribution in [2.24, 2.45) is 0 Å². The summed E-state index contributed by atoms with van der Waals surface area (Å²) in [6, 6.07) is 14.9. The molecule has 2 N–H and O–H groups in total. The van der Waals surface area contributed by atoms with Crippen LogP contribution in [0.2, 0.25) is 0 Å². The molecular weight excluding hydrogens is 347 g/mol. The summed E-state index contributed by atoms with van der Waals surface area (Å²) in [5.41, 5.74) is 2.12. The second kappa shape index (κ2) is 6.87. The number of aromatic amines is 1. The standard InChI is InChI=1S/C20H15FN4O2/c1-27-15-4-2-3-12(11-15)16-9-10-22-18-17(16)19(26)25-20(24-18)23-14-7-5-13(21)6-8-14/h2-11H,1H3,(H2,22,23,24,25,26). The number of halogens is 1. The molecule has 2 aromatic carbocycles. The zero-order chi connectivity index (χ0) is 18.8. The summed E-state index contributed by atoms with van der Waals surface area (Å²) < 4.78 is 18.3. The quantitative estimate of drug-likeness (QED) is 0.576. The molecule has 0 atom stereocenters. The van der Waals surface area contributed by atoms with Crippen LogP contribution >= 0.6 is 0 Å². The Balaban J connectivity index is 1.80. The monoisotopic (exact) mass is 362 g/mol. The molecule has 27 heavy (non-hydrogen) atoms. The van der Waals surface area contributed by atoms with Crippen LogP contribution in [0.5, 0.6) is 5.75 Å². The SMILES string of the molecule is COc1cccc(-c2ccnc3nc(Nc4ccc(F)cc4)[nH]c(=O)c23)c1. The topological polar surface area (TPSA) is 79.9 Å². The molecule has 0 aliphatic heterocycles. The second-order valence-corrected chi connectivity index (χ2v) is 5.84. The first-order valence-electron chi connectivity index (χ1n) is 8.20. The molecule has 2 heterocycles. The van der Waals surface area contributed by atoms with E-state index in [-0.39, 0.29) is 17.3 Å². The van der Waals surface area contributed by atoms with Crippen molar-refractivity contribution in [1.29, 1.82) is 0 Å². The molecule has 0 bridgehead atoms. The van der Waals surface area contributed by atoms with Crippen LogP contribution in [0.25, 0.3) is 22.2 Å². The molecule has 0 amide bonds. The van der Waals surface area contributed by atoms with Crippen LogP contribution in [0, 0.1) is 5.82 Å². The van der Waals surface area contributed by atoms with E-state index in [1.165, 1.54) is 12.1 Å². The first-order chi connectivity index (χ1) is 13.1. The number of rotatable bonds is 4. The minimum absolute atomic E-state index is 0.231. The summed E-state index contributed by atoms with van der Waals surface area (Å²) in [4.78, 5) is 24.0. The zero-order valence-corrected chi connectivity index (χ0v) is 14.4.